The molecule has 4 N–H and O–H groups in total. The molecule has 1 rings (SSSR count). The SMILES string of the molecule is CC(C)C[C@@H](N)C(=O)NC1CCCCC1(C)C(=O)O. The number of nitrogens with two attached hydrogens (primary N) is 1. The van der Waals surface area contributed by atoms with Gasteiger partial charge < -0.3 is 16.2 Å². The Labute approximate surface area is 114 Å². The molecular weight excluding hydrogens is 244 g/mol. The zero-order valence-corrected chi connectivity index (χ0v) is 12.1. The quantitative estimate of drug-likeness (QED) is 0.706. The molecule has 1 fully saturated rings. The van der Waals surface area contributed by atoms with Gasteiger partial charge in [-0.3, -0.25) is 9.59 Å². The summed E-state index contributed by atoms with van der Waals surface area (Å²) in [6.45, 7) is 5.73. The first-order valence-electron chi connectivity index (χ1n) is 7.06. The largest absolute Gasteiger partial charge is 0.481 e. The Balaban J connectivity index is 2.68. The van der Waals surface area contributed by atoms with Gasteiger partial charge in [0.25, 0.3) is 0 Å². The summed E-state index contributed by atoms with van der Waals surface area (Å²) in [4.78, 5) is 23.5. The smallest absolute Gasteiger partial charge is 0.311 e. The summed E-state index contributed by atoms with van der Waals surface area (Å²) in [5, 5.41) is 12.2. The lowest BCUT2D eigenvalue weighted by Crippen LogP contribution is -2.55. The minimum absolute atomic E-state index is 0.229. The molecule has 2 unspecified atom stereocenters. The molecule has 0 aromatic rings. The van der Waals surface area contributed by atoms with Crippen LogP contribution in [0.25, 0.3) is 0 Å². The van der Waals surface area contributed by atoms with Crippen molar-refractivity contribution in [2.45, 2.75) is 65.0 Å². The van der Waals surface area contributed by atoms with Crippen LogP contribution in [0.4, 0.5) is 0 Å². The molecule has 0 aromatic carbocycles. The van der Waals surface area contributed by atoms with Gasteiger partial charge in [0.1, 0.15) is 0 Å². The molecule has 1 saturated carbocycles. The highest BCUT2D eigenvalue weighted by Crippen LogP contribution is 2.36. The Morgan fingerprint density at radius 1 is 1.42 bits per heavy atom. The first-order chi connectivity index (χ1) is 8.77. The highest BCUT2D eigenvalue weighted by atomic mass is 16.4. The summed E-state index contributed by atoms with van der Waals surface area (Å²) in [5.41, 5.74) is 4.97. The molecule has 1 aliphatic rings. The van der Waals surface area contributed by atoms with Crippen LogP contribution in [0.3, 0.4) is 0 Å². The van der Waals surface area contributed by atoms with Crippen molar-refractivity contribution in [1.29, 1.82) is 0 Å². The predicted molar refractivity (Wildman–Crippen MR) is 73.6 cm³/mol. The molecule has 0 bridgehead atoms. The van der Waals surface area contributed by atoms with Crippen molar-refractivity contribution < 1.29 is 14.7 Å². The topological polar surface area (TPSA) is 92.4 Å². The maximum atomic E-state index is 12.0. The van der Waals surface area contributed by atoms with E-state index < -0.39 is 17.4 Å². The van der Waals surface area contributed by atoms with E-state index in [9.17, 15) is 14.7 Å². The normalized spacial score (nSPS) is 29.0. The van der Waals surface area contributed by atoms with Gasteiger partial charge in [-0.25, -0.2) is 0 Å². The van der Waals surface area contributed by atoms with Crippen LogP contribution < -0.4 is 11.1 Å². The van der Waals surface area contributed by atoms with Gasteiger partial charge >= 0.3 is 5.97 Å². The number of rotatable bonds is 5. The van der Waals surface area contributed by atoms with Crippen LogP contribution in [0.15, 0.2) is 0 Å². The van der Waals surface area contributed by atoms with E-state index in [1.165, 1.54) is 0 Å². The lowest BCUT2D eigenvalue weighted by atomic mass is 9.71. The Kier molecular flexibility index (Phi) is 5.35. The number of aliphatic carboxylic acids is 1. The predicted octanol–water partition coefficient (Wildman–Crippen LogP) is 1.51. The molecule has 1 aliphatic carbocycles. The van der Waals surface area contributed by atoms with Crippen LogP contribution in [0, 0.1) is 11.3 Å². The van der Waals surface area contributed by atoms with Gasteiger partial charge in [-0.2, -0.15) is 0 Å². The van der Waals surface area contributed by atoms with E-state index in [4.69, 9.17) is 5.73 Å². The van der Waals surface area contributed by atoms with Crippen LogP contribution in [0.2, 0.25) is 0 Å². The molecule has 19 heavy (non-hydrogen) atoms. The van der Waals surface area contributed by atoms with Crippen molar-refractivity contribution in [3.63, 3.8) is 0 Å². The molecule has 5 nitrogen and oxygen atoms in total. The molecule has 0 radical (unpaired) electrons. The van der Waals surface area contributed by atoms with Crippen LogP contribution >= 0.6 is 0 Å². The number of carbonyl (C=O) groups is 2. The second-order valence-corrected chi connectivity index (χ2v) is 6.27. The number of carboxylic acids is 1. The van der Waals surface area contributed by atoms with Gasteiger partial charge in [-0.05, 0) is 32.1 Å². The van der Waals surface area contributed by atoms with Crippen molar-refractivity contribution in [2.24, 2.45) is 17.1 Å². The minimum Gasteiger partial charge on any atom is -0.481 e. The van der Waals surface area contributed by atoms with E-state index in [1.54, 1.807) is 6.92 Å². The maximum Gasteiger partial charge on any atom is 0.311 e. The summed E-state index contributed by atoms with van der Waals surface area (Å²) in [6, 6.07) is -0.871. The zero-order valence-electron chi connectivity index (χ0n) is 12.1. The Bertz CT molecular complexity index is 344. The molecule has 0 aromatic heterocycles. The number of carbonyl (C=O) groups excluding carboxylic acids is 1. The van der Waals surface area contributed by atoms with Gasteiger partial charge in [0, 0.05) is 6.04 Å². The first-order valence-corrected chi connectivity index (χ1v) is 7.06. The standard InChI is InChI=1S/C14H26N2O3/c1-9(2)8-10(15)12(17)16-11-6-4-5-7-14(11,3)13(18)19/h9-11H,4-8,15H2,1-3H3,(H,16,17)(H,18,19)/t10-,11?,14?/m1/s1. The first kappa shape index (κ1) is 16.0. The average molecular weight is 270 g/mol. The fourth-order valence-corrected chi connectivity index (χ4v) is 2.71. The summed E-state index contributed by atoms with van der Waals surface area (Å²) in [6.07, 6.45) is 3.78. The molecule has 1 amide bonds. The van der Waals surface area contributed by atoms with E-state index >= 15 is 0 Å². The fraction of sp³-hybridized carbons (Fsp3) is 0.857. The van der Waals surface area contributed by atoms with Crippen molar-refractivity contribution in [3.05, 3.63) is 0 Å². The van der Waals surface area contributed by atoms with E-state index in [1.807, 2.05) is 13.8 Å². The monoisotopic (exact) mass is 270 g/mol. The molecule has 0 spiro atoms. The molecular formula is C14H26N2O3. The van der Waals surface area contributed by atoms with E-state index in [2.05, 4.69) is 5.32 Å². The molecule has 3 atom stereocenters. The van der Waals surface area contributed by atoms with Gasteiger partial charge in [0.2, 0.25) is 5.91 Å². The van der Waals surface area contributed by atoms with Crippen LogP contribution in [0.5, 0.6) is 0 Å². The average Bonchev–Trinajstić information content (AvgIpc) is 2.31. The number of hydrogen-bond donors (Lipinski definition) is 3. The maximum absolute atomic E-state index is 12.0. The summed E-state index contributed by atoms with van der Waals surface area (Å²) in [7, 11) is 0. The molecule has 110 valence electrons. The third-order valence-electron chi connectivity index (χ3n) is 4.08. The number of carboxylic acid groups (broad SMARTS) is 1. The minimum atomic E-state index is -0.870. The van der Waals surface area contributed by atoms with Gasteiger partial charge in [-0.15, -0.1) is 0 Å². The lowest BCUT2D eigenvalue weighted by Gasteiger charge is -2.38. The van der Waals surface area contributed by atoms with E-state index in [-0.39, 0.29) is 11.9 Å². The van der Waals surface area contributed by atoms with Gasteiger partial charge in [0.05, 0.1) is 11.5 Å². The summed E-state index contributed by atoms with van der Waals surface area (Å²) < 4.78 is 0. The van der Waals surface area contributed by atoms with Crippen LogP contribution in [-0.4, -0.2) is 29.1 Å². The highest BCUT2D eigenvalue weighted by molar-refractivity contribution is 5.83. The van der Waals surface area contributed by atoms with Crippen molar-refractivity contribution in [1.82, 2.24) is 5.32 Å². The third-order valence-corrected chi connectivity index (χ3v) is 4.08. The zero-order chi connectivity index (χ0) is 14.6. The number of amides is 1. The van der Waals surface area contributed by atoms with E-state index in [0.717, 1.165) is 12.8 Å². The fourth-order valence-electron chi connectivity index (χ4n) is 2.71. The third kappa shape index (κ3) is 3.93. The van der Waals surface area contributed by atoms with Crippen molar-refractivity contribution in [2.75, 3.05) is 0 Å². The lowest BCUT2D eigenvalue weighted by molar-refractivity contribution is -0.152. The van der Waals surface area contributed by atoms with Crippen LogP contribution in [0.1, 0.15) is 52.9 Å². The van der Waals surface area contributed by atoms with Gasteiger partial charge in [0.15, 0.2) is 0 Å². The second kappa shape index (κ2) is 6.37. The van der Waals surface area contributed by atoms with Crippen molar-refractivity contribution in [3.8, 4) is 0 Å². The number of nitrogens with one attached hydrogen (secondary N) is 1. The van der Waals surface area contributed by atoms with Crippen LogP contribution in [-0.2, 0) is 9.59 Å². The van der Waals surface area contributed by atoms with Crippen molar-refractivity contribution >= 4 is 11.9 Å². The Morgan fingerprint density at radius 3 is 2.58 bits per heavy atom. The molecule has 0 saturated heterocycles. The second-order valence-electron chi connectivity index (χ2n) is 6.27. The summed E-state index contributed by atoms with van der Waals surface area (Å²) in [5.74, 6) is -0.721. The Hall–Kier alpha value is -1.10. The Morgan fingerprint density at radius 2 is 2.05 bits per heavy atom. The molecule has 0 aliphatic heterocycles. The van der Waals surface area contributed by atoms with E-state index in [0.29, 0.717) is 25.2 Å². The molecule has 5 heteroatoms. The number of hydrogen-bond acceptors (Lipinski definition) is 3. The molecule has 0 heterocycles. The highest BCUT2D eigenvalue weighted by Gasteiger charge is 2.44. The van der Waals surface area contributed by atoms with Gasteiger partial charge in [-0.1, -0.05) is 26.7 Å². The summed E-state index contributed by atoms with van der Waals surface area (Å²) >= 11 is 0.